The van der Waals surface area contributed by atoms with Crippen LogP contribution in [0.15, 0.2) is 30.3 Å². The van der Waals surface area contributed by atoms with Crippen molar-refractivity contribution in [3.05, 3.63) is 36.2 Å². The second kappa shape index (κ2) is 6.93. The molecule has 1 aromatic heterocycles. The van der Waals surface area contributed by atoms with Crippen LogP contribution in [0.25, 0.3) is 11.4 Å². The molecule has 2 saturated heterocycles. The number of rotatable bonds is 3. The number of H-pyrrole nitrogens is 1. The SMILES string of the molecule is CN1CCO[C@@H](C(=O)N2CCC[C@H]2c2nc(-c3ccccc3)n[nH]2)C1. The fourth-order valence-corrected chi connectivity index (χ4v) is 3.57. The number of nitrogens with zero attached hydrogens (tertiary/aromatic N) is 4. The van der Waals surface area contributed by atoms with Crippen molar-refractivity contribution in [2.75, 3.05) is 33.3 Å². The summed E-state index contributed by atoms with van der Waals surface area (Å²) < 4.78 is 5.70. The Hall–Kier alpha value is -2.25. The number of carbonyl (C=O) groups is 1. The molecule has 1 amide bonds. The van der Waals surface area contributed by atoms with Gasteiger partial charge < -0.3 is 14.5 Å². The Morgan fingerprint density at radius 1 is 1.28 bits per heavy atom. The van der Waals surface area contributed by atoms with Crippen molar-refractivity contribution in [3.8, 4) is 11.4 Å². The van der Waals surface area contributed by atoms with Crippen LogP contribution < -0.4 is 0 Å². The van der Waals surface area contributed by atoms with E-state index in [2.05, 4.69) is 20.1 Å². The Kier molecular flexibility index (Phi) is 4.50. The lowest BCUT2D eigenvalue weighted by Crippen LogP contribution is -2.49. The number of benzene rings is 1. The van der Waals surface area contributed by atoms with Gasteiger partial charge in [0.15, 0.2) is 5.82 Å². The van der Waals surface area contributed by atoms with E-state index in [1.165, 1.54) is 0 Å². The van der Waals surface area contributed by atoms with Crippen LogP contribution in [0.1, 0.15) is 24.7 Å². The van der Waals surface area contributed by atoms with Crippen LogP contribution in [0, 0.1) is 0 Å². The number of carbonyl (C=O) groups excluding carboxylic acids is 1. The minimum Gasteiger partial charge on any atom is -0.366 e. The monoisotopic (exact) mass is 341 g/mol. The molecule has 7 heteroatoms. The van der Waals surface area contributed by atoms with Gasteiger partial charge in [-0.15, -0.1) is 0 Å². The molecule has 0 aliphatic carbocycles. The van der Waals surface area contributed by atoms with Crippen LogP contribution in [-0.2, 0) is 9.53 Å². The van der Waals surface area contributed by atoms with Crippen LogP contribution in [-0.4, -0.2) is 70.3 Å². The Morgan fingerprint density at radius 2 is 2.12 bits per heavy atom. The van der Waals surface area contributed by atoms with Crippen LogP contribution in [0.4, 0.5) is 0 Å². The summed E-state index contributed by atoms with van der Waals surface area (Å²) in [5, 5.41) is 7.37. The van der Waals surface area contributed by atoms with E-state index >= 15 is 0 Å². The highest BCUT2D eigenvalue weighted by Gasteiger charge is 2.37. The maximum Gasteiger partial charge on any atom is 0.253 e. The summed E-state index contributed by atoms with van der Waals surface area (Å²) >= 11 is 0. The second-order valence-corrected chi connectivity index (χ2v) is 6.72. The summed E-state index contributed by atoms with van der Waals surface area (Å²) in [7, 11) is 2.02. The van der Waals surface area contributed by atoms with Crippen molar-refractivity contribution in [1.29, 1.82) is 0 Å². The molecular weight excluding hydrogens is 318 g/mol. The van der Waals surface area contributed by atoms with Crippen molar-refractivity contribution in [2.45, 2.75) is 25.0 Å². The molecule has 2 atom stereocenters. The van der Waals surface area contributed by atoms with Gasteiger partial charge in [0, 0.05) is 25.2 Å². The first-order valence-electron chi connectivity index (χ1n) is 8.81. The Bertz CT molecular complexity index is 732. The molecule has 0 bridgehead atoms. The van der Waals surface area contributed by atoms with Gasteiger partial charge in [0.05, 0.1) is 12.6 Å². The van der Waals surface area contributed by atoms with Crippen molar-refractivity contribution in [2.24, 2.45) is 0 Å². The number of ether oxygens (including phenoxy) is 1. The lowest BCUT2D eigenvalue weighted by Gasteiger charge is -2.33. The summed E-state index contributed by atoms with van der Waals surface area (Å²) in [6.45, 7) is 2.86. The molecule has 2 fully saturated rings. The maximum atomic E-state index is 12.9. The van der Waals surface area contributed by atoms with Crippen molar-refractivity contribution < 1.29 is 9.53 Å². The lowest BCUT2D eigenvalue weighted by atomic mass is 10.2. The van der Waals surface area contributed by atoms with Crippen LogP contribution >= 0.6 is 0 Å². The molecule has 132 valence electrons. The molecule has 25 heavy (non-hydrogen) atoms. The highest BCUT2D eigenvalue weighted by molar-refractivity contribution is 5.82. The molecule has 3 heterocycles. The molecule has 7 nitrogen and oxygen atoms in total. The van der Waals surface area contributed by atoms with E-state index in [1.54, 1.807) is 0 Å². The molecule has 4 rings (SSSR count). The van der Waals surface area contributed by atoms with Gasteiger partial charge in [0.2, 0.25) is 0 Å². The van der Waals surface area contributed by atoms with E-state index in [-0.39, 0.29) is 18.1 Å². The Balaban J connectivity index is 1.52. The molecule has 2 aromatic rings. The molecule has 0 unspecified atom stereocenters. The number of aromatic amines is 1. The zero-order valence-corrected chi connectivity index (χ0v) is 14.4. The third kappa shape index (κ3) is 3.29. The normalized spacial score (nSPS) is 24.6. The van der Waals surface area contributed by atoms with Gasteiger partial charge in [-0.3, -0.25) is 9.89 Å². The number of aromatic nitrogens is 3. The van der Waals surface area contributed by atoms with E-state index < -0.39 is 0 Å². The first kappa shape index (κ1) is 16.2. The van der Waals surface area contributed by atoms with Gasteiger partial charge in [-0.05, 0) is 19.9 Å². The molecule has 0 saturated carbocycles. The predicted molar refractivity (Wildman–Crippen MR) is 92.7 cm³/mol. The first-order chi connectivity index (χ1) is 12.2. The molecule has 2 aliphatic heterocycles. The third-order valence-corrected chi connectivity index (χ3v) is 4.93. The highest BCUT2D eigenvalue weighted by atomic mass is 16.5. The molecule has 2 aliphatic rings. The summed E-state index contributed by atoms with van der Waals surface area (Å²) in [6, 6.07) is 9.82. The topological polar surface area (TPSA) is 74.3 Å². The second-order valence-electron chi connectivity index (χ2n) is 6.72. The summed E-state index contributed by atoms with van der Waals surface area (Å²) in [5.41, 5.74) is 0.970. The molecule has 0 radical (unpaired) electrons. The highest BCUT2D eigenvalue weighted by Crippen LogP contribution is 2.31. The van der Waals surface area contributed by atoms with Gasteiger partial charge in [0.1, 0.15) is 11.9 Å². The smallest absolute Gasteiger partial charge is 0.253 e. The van der Waals surface area contributed by atoms with E-state index in [0.29, 0.717) is 19.0 Å². The quantitative estimate of drug-likeness (QED) is 0.915. The van der Waals surface area contributed by atoms with E-state index in [9.17, 15) is 4.79 Å². The molecule has 1 aromatic carbocycles. The summed E-state index contributed by atoms with van der Waals surface area (Å²) in [4.78, 5) is 21.6. The minimum absolute atomic E-state index is 0.0479. The largest absolute Gasteiger partial charge is 0.366 e. The molecular formula is C18H23N5O2. The molecule has 0 spiro atoms. The van der Waals surface area contributed by atoms with Gasteiger partial charge >= 0.3 is 0 Å². The zero-order valence-electron chi connectivity index (χ0n) is 14.4. The fraction of sp³-hybridized carbons (Fsp3) is 0.500. The Labute approximate surface area is 147 Å². The maximum absolute atomic E-state index is 12.9. The zero-order chi connectivity index (χ0) is 17.2. The number of nitrogens with one attached hydrogen (secondary N) is 1. The summed E-state index contributed by atoms with van der Waals surface area (Å²) in [6.07, 6.45) is 1.49. The average Bonchev–Trinajstić information content (AvgIpc) is 3.31. The van der Waals surface area contributed by atoms with Gasteiger partial charge in [-0.25, -0.2) is 4.98 Å². The number of hydrogen-bond acceptors (Lipinski definition) is 5. The van der Waals surface area contributed by atoms with Crippen LogP contribution in [0.3, 0.4) is 0 Å². The Morgan fingerprint density at radius 3 is 2.92 bits per heavy atom. The lowest BCUT2D eigenvalue weighted by molar-refractivity contribution is -0.149. The number of amides is 1. The van der Waals surface area contributed by atoms with Crippen LogP contribution in [0.5, 0.6) is 0 Å². The standard InChI is InChI=1S/C18H23N5O2/c1-22-10-11-25-15(12-22)18(24)23-9-5-8-14(23)17-19-16(20-21-17)13-6-3-2-4-7-13/h2-4,6-7,14-15H,5,8-12H2,1H3,(H,19,20,21)/t14-,15+/m0/s1. The number of likely N-dealkylation sites (tertiary alicyclic amines) is 1. The van der Waals surface area contributed by atoms with Gasteiger partial charge in [-0.1, -0.05) is 30.3 Å². The third-order valence-electron chi connectivity index (χ3n) is 4.93. The van der Waals surface area contributed by atoms with Gasteiger partial charge in [-0.2, -0.15) is 5.10 Å². The number of morpholine rings is 1. The van der Waals surface area contributed by atoms with Crippen molar-refractivity contribution >= 4 is 5.91 Å². The number of likely N-dealkylation sites (N-methyl/N-ethyl adjacent to an activating group) is 1. The van der Waals surface area contributed by atoms with Crippen LogP contribution in [0.2, 0.25) is 0 Å². The van der Waals surface area contributed by atoms with E-state index in [0.717, 1.165) is 37.3 Å². The fourth-order valence-electron chi connectivity index (χ4n) is 3.57. The molecule has 1 N–H and O–H groups in total. The first-order valence-corrected chi connectivity index (χ1v) is 8.81. The van der Waals surface area contributed by atoms with Gasteiger partial charge in [0.25, 0.3) is 5.91 Å². The average molecular weight is 341 g/mol. The number of hydrogen-bond donors (Lipinski definition) is 1. The predicted octanol–water partition coefficient (Wildman–Crippen LogP) is 1.47. The minimum atomic E-state index is -0.379. The van der Waals surface area contributed by atoms with E-state index in [4.69, 9.17) is 4.74 Å². The van der Waals surface area contributed by atoms with Crippen molar-refractivity contribution in [3.63, 3.8) is 0 Å². The van der Waals surface area contributed by atoms with Crippen molar-refractivity contribution in [1.82, 2.24) is 25.0 Å². The summed E-state index contributed by atoms with van der Waals surface area (Å²) in [5.74, 6) is 1.49. The van der Waals surface area contributed by atoms with E-state index in [1.807, 2.05) is 42.3 Å².